The highest BCUT2D eigenvalue weighted by Crippen LogP contribution is 2.61. The fourth-order valence-electron chi connectivity index (χ4n) is 6.05. The molecule has 3 heteroatoms. The molecule has 0 amide bonds. The fourth-order valence-corrected chi connectivity index (χ4v) is 6.05. The zero-order valence-corrected chi connectivity index (χ0v) is 12.9. The van der Waals surface area contributed by atoms with E-state index in [9.17, 15) is 0 Å². The van der Waals surface area contributed by atoms with Gasteiger partial charge in [-0.2, -0.15) is 0 Å². The molecule has 2 N–H and O–H groups in total. The summed E-state index contributed by atoms with van der Waals surface area (Å²) in [5.41, 5.74) is 9.13. The van der Waals surface area contributed by atoms with E-state index in [1.165, 1.54) is 50.0 Å². The van der Waals surface area contributed by atoms with Crippen molar-refractivity contribution in [1.29, 1.82) is 0 Å². The molecule has 0 unspecified atom stereocenters. The first-order valence-corrected chi connectivity index (χ1v) is 8.34. The van der Waals surface area contributed by atoms with E-state index < -0.39 is 0 Å². The third-order valence-corrected chi connectivity index (χ3v) is 6.31. The Bertz CT molecular complexity index is 493. The average molecular weight is 273 g/mol. The summed E-state index contributed by atoms with van der Waals surface area (Å²) < 4.78 is 2.39. The monoisotopic (exact) mass is 273 g/mol. The number of nitrogens with zero attached hydrogens (tertiary/aromatic N) is 2. The van der Waals surface area contributed by atoms with Gasteiger partial charge in [0.1, 0.15) is 5.82 Å². The van der Waals surface area contributed by atoms with Gasteiger partial charge in [-0.3, -0.25) is 0 Å². The number of hydrogen-bond donors (Lipinski definition) is 1. The molecule has 0 aliphatic heterocycles. The Morgan fingerprint density at radius 3 is 2.20 bits per heavy atom. The van der Waals surface area contributed by atoms with Crippen LogP contribution in [0.3, 0.4) is 0 Å². The zero-order chi connectivity index (χ0) is 13.9. The summed E-state index contributed by atoms with van der Waals surface area (Å²) in [7, 11) is 2.22. The Labute approximate surface area is 122 Å². The molecule has 20 heavy (non-hydrogen) atoms. The highest BCUT2D eigenvalue weighted by Gasteiger charge is 2.53. The second-order valence-corrected chi connectivity index (χ2v) is 7.75. The van der Waals surface area contributed by atoms with E-state index in [-0.39, 0.29) is 0 Å². The Hall–Kier alpha value is -0.830. The fraction of sp³-hybridized carbons (Fsp3) is 0.824. The van der Waals surface area contributed by atoms with Gasteiger partial charge in [-0.15, -0.1) is 0 Å². The minimum Gasteiger partial charge on any atom is -0.335 e. The minimum atomic E-state index is 0.440. The van der Waals surface area contributed by atoms with E-state index in [1.807, 2.05) is 0 Å². The molecule has 110 valence electrons. The molecule has 4 fully saturated rings. The van der Waals surface area contributed by atoms with Crippen molar-refractivity contribution in [2.75, 3.05) is 6.54 Å². The van der Waals surface area contributed by atoms with Gasteiger partial charge in [-0.1, -0.05) is 0 Å². The van der Waals surface area contributed by atoms with Gasteiger partial charge >= 0.3 is 0 Å². The van der Waals surface area contributed by atoms with Crippen LogP contribution in [-0.4, -0.2) is 16.1 Å². The molecule has 4 aliphatic carbocycles. The van der Waals surface area contributed by atoms with Gasteiger partial charge < -0.3 is 10.3 Å². The lowest BCUT2D eigenvalue weighted by Crippen LogP contribution is -2.49. The van der Waals surface area contributed by atoms with Gasteiger partial charge in [0, 0.05) is 24.6 Å². The first-order valence-electron chi connectivity index (χ1n) is 8.34. The Morgan fingerprint density at radius 1 is 1.15 bits per heavy atom. The average Bonchev–Trinajstić information content (AvgIpc) is 2.64. The van der Waals surface area contributed by atoms with E-state index in [0.717, 1.165) is 30.7 Å². The van der Waals surface area contributed by atoms with Crippen LogP contribution < -0.4 is 5.73 Å². The smallest absolute Gasteiger partial charge is 0.105 e. The van der Waals surface area contributed by atoms with E-state index >= 15 is 0 Å². The van der Waals surface area contributed by atoms with Gasteiger partial charge in [0.2, 0.25) is 0 Å². The lowest BCUT2D eigenvalue weighted by molar-refractivity contribution is -0.00893. The number of nitrogens with two attached hydrogens (primary N) is 1. The summed E-state index contributed by atoms with van der Waals surface area (Å²) in [6, 6.07) is 0. The molecule has 4 bridgehead atoms. The summed E-state index contributed by atoms with van der Waals surface area (Å²) in [4.78, 5) is 4.84. The van der Waals surface area contributed by atoms with Gasteiger partial charge in [0.05, 0.1) is 5.69 Å². The molecule has 5 rings (SSSR count). The van der Waals surface area contributed by atoms with Crippen LogP contribution in [0.5, 0.6) is 0 Å². The molecule has 1 heterocycles. The second-order valence-electron chi connectivity index (χ2n) is 7.75. The molecular formula is C17H27N3. The SMILES string of the molecule is Cc1nc(CCN)c(C23CC4CC(CC(C4)C2)C3)n1C. The standard InChI is InChI=1S/C17H27N3/c1-11-19-15(3-4-18)16(20(11)2)17-8-12-5-13(9-17)7-14(6-12)10-17/h12-14H,3-10,18H2,1-2H3. The molecule has 4 aliphatic rings. The molecule has 0 aromatic carbocycles. The Kier molecular flexibility index (Phi) is 2.79. The van der Waals surface area contributed by atoms with Gasteiger partial charge in [-0.25, -0.2) is 4.98 Å². The molecule has 0 atom stereocenters. The van der Waals surface area contributed by atoms with Crippen molar-refractivity contribution in [3.8, 4) is 0 Å². The van der Waals surface area contributed by atoms with Crippen molar-refractivity contribution in [3.05, 3.63) is 17.2 Å². The molecule has 4 saturated carbocycles. The lowest BCUT2D eigenvalue weighted by atomic mass is 9.48. The van der Waals surface area contributed by atoms with Crippen molar-refractivity contribution in [3.63, 3.8) is 0 Å². The van der Waals surface area contributed by atoms with Gasteiger partial charge in [0.15, 0.2) is 0 Å². The van der Waals surface area contributed by atoms with Crippen LogP contribution in [0.1, 0.15) is 55.7 Å². The van der Waals surface area contributed by atoms with Crippen LogP contribution in [0.2, 0.25) is 0 Å². The van der Waals surface area contributed by atoms with Crippen molar-refractivity contribution in [1.82, 2.24) is 9.55 Å². The normalized spacial score (nSPS) is 38.6. The van der Waals surface area contributed by atoms with Crippen LogP contribution in [0.25, 0.3) is 0 Å². The van der Waals surface area contributed by atoms with Crippen LogP contribution in [0, 0.1) is 24.7 Å². The minimum absolute atomic E-state index is 0.440. The maximum Gasteiger partial charge on any atom is 0.105 e. The summed E-state index contributed by atoms with van der Waals surface area (Å²) in [5, 5.41) is 0. The molecule has 0 spiro atoms. The molecule has 3 nitrogen and oxygen atoms in total. The summed E-state index contributed by atoms with van der Waals surface area (Å²) in [5.74, 6) is 4.13. The highest BCUT2D eigenvalue weighted by atomic mass is 15.1. The number of rotatable bonds is 3. The highest BCUT2D eigenvalue weighted by molar-refractivity contribution is 5.30. The van der Waals surface area contributed by atoms with Crippen LogP contribution in [0.15, 0.2) is 0 Å². The van der Waals surface area contributed by atoms with Crippen LogP contribution in [0.4, 0.5) is 0 Å². The Morgan fingerprint density at radius 2 is 1.70 bits per heavy atom. The Balaban J connectivity index is 1.80. The number of imidazole rings is 1. The first kappa shape index (κ1) is 12.9. The van der Waals surface area contributed by atoms with Crippen molar-refractivity contribution < 1.29 is 0 Å². The predicted octanol–water partition coefficient (Wildman–Crippen LogP) is 2.70. The lowest BCUT2D eigenvalue weighted by Gasteiger charge is -2.57. The third kappa shape index (κ3) is 1.71. The molecular weight excluding hydrogens is 246 g/mol. The van der Waals surface area contributed by atoms with Crippen LogP contribution in [-0.2, 0) is 18.9 Å². The molecule has 0 saturated heterocycles. The van der Waals surface area contributed by atoms with E-state index in [4.69, 9.17) is 10.7 Å². The van der Waals surface area contributed by atoms with Crippen molar-refractivity contribution >= 4 is 0 Å². The van der Waals surface area contributed by atoms with Gasteiger partial charge in [0.25, 0.3) is 0 Å². The number of hydrogen-bond acceptors (Lipinski definition) is 2. The number of aromatic nitrogens is 2. The van der Waals surface area contributed by atoms with Crippen molar-refractivity contribution in [2.45, 2.75) is 57.3 Å². The summed E-state index contributed by atoms with van der Waals surface area (Å²) >= 11 is 0. The molecule has 0 radical (unpaired) electrons. The summed E-state index contributed by atoms with van der Waals surface area (Å²) in [6.45, 7) is 2.86. The summed E-state index contributed by atoms with van der Waals surface area (Å²) in [6.07, 6.45) is 9.69. The molecule has 1 aromatic rings. The predicted molar refractivity (Wildman–Crippen MR) is 80.6 cm³/mol. The topological polar surface area (TPSA) is 43.8 Å². The third-order valence-electron chi connectivity index (χ3n) is 6.31. The van der Waals surface area contributed by atoms with E-state index in [1.54, 1.807) is 5.69 Å². The van der Waals surface area contributed by atoms with Crippen LogP contribution >= 0.6 is 0 Å². The van der Waals surface area contributed by atoms with Crippen molar-refractivity contribution in [2.24, 2.45) is 30.5 Å². The maximum atomic E-state index is 5.83. The molecule has 1 aromatic heterocycles. The van der Waals surface area contributed by atoms with E-state index in [2.05, 4.69) is 18.5 Å². The zero-order valence-electron chi connectivity index (χ0n) is 12.9. The number of aryl methyl sites for hydroxylation is 1. The van der Waals surface area contributed by atoms with E-state index in [0.29, 0.717) is 5.41 Å². The largest absolute Gasteiger partial charge is 0.335 e. The van der Waals surface area contributed by atoms with Gasteiger partial charge in [-0.05, 0) is 69.7 Å². The maximum absolute atomic E-state index is 5.83. The second kappa shape index (κ2) is 4.33. The quantitative estimate of drug-likeness (QED) is 0.920. The first-order chi connectivity index (χ1) is 9.61.